The van der Waals surface area contributed by atoms with Crippen molar-refractivity contribution in [3.8, 4) is 11.1 Å². The molecule has 16 aromatic rings. The minimum atomic E-state index is -5.84. The van der Waals surface area contributed by atoms with Crippen molar-refractivity contribution in [2.75, 3.05) is 27.2 Å². The van der Waals surface area contributed by atoms with Crippen LogP contribution in [-0.2, 0) is 31.7 Å². The van der Waals surface area contributed by atoms with Gasteiger partial charge in [-0.3, -0.25) is 13.0 Å². The molecule has 0 amide bonds. The molecule has 1 aromatic heterocycles. The highest BCUT2D eigenvalue weighted by atomic mass is 127. The maximum absolute atomic E-state index is 12.7. The summed E-state index contributed by atoms with van der Waals surface area (Å²) in [6.07, 6.45) is 3.42. The van der Waals surface area contributed by atoms with Crippen molar-refractivity contribution < 1.29 is 44.6 Å². The van der Waals surface area contributed by atoms with Gasteiger partial charge in [0.05, 0.1) is 36.9 Å². The topological polar surface area (TPSA) is 139 Å². The Hall–Kier alpha value is -9.15. The largest absolute Gasteiger partial charge is 0.522 e. The van der Waals surface area contributed by atoms with E-state index in [0.29, 0.717) is 5.46 Å². The number of anilines is 9. The van der Waals surface area contributed by atoms with Crippen LogP contribution in [0.1, 0.15) is 0 Å². The third-order valence-corrected chi connectivity index (χ3v) is 23.8. The lowest BCUT2D eigenvalue weighted by Gasteiger charge is -2.27. The Labute approximate surface area is 678 Å². The monoisotopic (exact) mass is 1820 g/mol. The van der Waals surface area contributed by atoms with Gasteiger partial charge in [-0.1, -0.05) is 242 Å². The second kappa shape index (κ2) is 36.1. The van der Waals surface area contributed by atoms with Crippen LogP contribution in [0.2, 0.25) is 0 Å². The van der Waals surface area contributed by atoms with Gasteiger partial charge in [0, 0.05) is 95.4 Å². The summed E-state index contributed by atoms with van der Waals surface area (Å²) in [6.45, 7) is 0. The molecule has 0 bridgehead atoms. The van der Waals surface area contributed by atoms with E-state index in [-0.39, 0.29) is 0 Å². The van der Waals surface area contributed by atoms with E-state index in [4.69, 9.17) is 13.0 Å². The number of fused-ring (bicyclic) bond motifs is 7. The van der Waals surface area contributed by atoms with Crippen LogP contribution in [0.15, 0.2) is 363 Å². The van der Waals surface area contributed by atoms with Gasteiger partial charge in [0.1, 0.15) is 0 Å². The van der Waals surface area contributed by atoms with Gasteiger partial charge in [-0.25, -0.2) is 0 Å². The second-order valence-corrected chi connectivity index (χ2v) is 33.5. The zero-order valence-electron chi connectivity index (χ0n) is 58.0. The number of benzene rings is 15. The fraction of sp³-hybridized carbons (Fsp3) is 0.0345. The summed E-state index contributed by atoms with van der Waals surface area (Å²) in [5, 5.41) is 29.1. The number of hydrogen-bond acceptors (Lipinski definition) is 10. The van der Waals surface area contributed by atoms with Crippen molar-refractivity contribution in [1.29, 1.82) is 0 Å². The van der Waals surface area contributed by atoms with Crippen molar-refractivity contribution in [2.24, 2.45) is 0 Å². The molecule has 109 heavy (non-hydrogen) atoms. The minimum absolute atomic E-state index is 0.495. The van der Waals surface area contributed by atoms with E-state index in [2.05, 4.69) is 291 Å². The van der Waals surface area contributed by atoms with Gasteiger partial charge in [0.25, 0.3) is 0 Å². The molecule has 0 aliphatic rings. The van der Waals surface area contributed by atoms with E-state index >= 15 is 0 Å². The molecule has 0 aliphatic heterocycles. The Balaban J connectivity index is 0.000000137. The zero-order valence-corrected chi connectivity index (χ0v) is 68.2. The standard InChI is InChI=1S/C29H22BrNOS.C28H18BrNS.C22H18BNO2.C7H6BrIOS.CHF3O3S/c1-33(32)29-19-22(30)16-17-27(29)28-20-25(18-21-10-8-9-15-26(21)28)31(23-11-4-2-5-12-23)24-13-6-3-7-14-24;29-20-15-16-24-26(18-20)31-28-25(17-19-9-7-8-14-23(19)27(24)28)30(21-10-3-1-4-11-21)22-12-5-2-6-13-22;25-23(26)22-16-20(15-17-9-7-8-14-21(17)22)24(18-10-3-1-4-11-18)19-12-5-2-6-13-19;1-11(10)7-4-5(8)2-3-6(7)9;2-1(3,4)8(5,6)7/h2-20H,1H3;1-18H;1-16,25-26H;2-4H,1H3;(H,5,6,7). The lowest BCUT2D eigenvalue weighted by molar-refractivity contribution is -0.0510. The quantitative estimate of drug-likeness (QED) is 0.0443. The van der Waals surface area contributed by atoms with Crippen molar-refractivity contribution in [1.82, 2.24) is 0 Å². The molecule has 15 aromatic carbocycles. The molecule has 0 saturated carbocycles. The molecule has 0 spiro atoms. The van der Waals surface area contributed by atoms with E-state index in [0.717, 1.165) is 105 Å². The average Bonchev–Trinajstić information content (AvgIpc) is 1.62. The molecule has 2 atom stereocenters. The van der Waals surface area contributed by atoms with Crippen LogP contribution in [-0.4, -0.2) is 56.6 Å². The number of rotatable bonds is 13. The molecule has 22 heteroatoms. The molecule has 0 saturated heterocycles. The number of halogens is 7. The lowest BCUT2D eigenvalue weighted by Crippen LogP contribution is -2.31. The minimum Gasteiger partial charge on any atom is -0.423 e. The maximum atomic E-state index is 12.7. The summed E-state index contributed by atoms with van der Waals surface area (Å²) in [5.41, 5.74) is 6.65. The first-order chi connectivity index (χ1) is 52.5. The Bertz CT molecular complexity index is 5920. The highest BCUT2D eigenvalue weighted by Gasteiger charge is 2.44. The summed E-state index contributed by atoms with van der Waals surface area (Å²) in [7, 11) is -9.39. The molecule has 0 fully saturated rings. The Kier molecular flexibility index (Phi) is 26.3. The van der Waals surface area contributed by atoms with Gasteiger partial charge < -0.3 is 24.7 Å². The van der Waals surface area contributed by atoms with Crippen molar-refractivity contribution in [3.63, 3.8) is 0 Å². The first-order valence-electron chi connectivity index (χ1n) is 33.6. The summed E-state index contributed by atoms with van der Waals surface area (Å²) in [4.78, 5) is 8.45. The Morgan fingerprint density at radius 3 is 1.18 bits per heavy atom. The zero-order chi connectivity index (χ0) is 76.9. The number of alkyl halides is 3. The molecule has 16 rings (SSSR count). The normalized spacial score (nSPS) is 11.7. The first kappa shape index (κ1) is 79.4. The predicted molar refractivity (Wildman–Crippen MR) is 469 cm³/mol. The van der Waals surface area contributed by atoms with Crippen LogP contribution in [0.4, 0.5) is 64.4 Å². The predicted octanol–water partition coefficient (Wildman–Crippen LogP) is 25.1. The summed E-state index contributed by atoms with van der Waals surface area (Å²) >= 11 is 14.6. The lowest BCUT2D eigenvalue weighted by atomic mass is 9.76. The van der Waals surface area contributed by atoms with E-state index in [1.807, 2.05) is 145 Å². The van der Waals surface area contributed by atoms with E-state index < -0.39 is 44.3 Å². The SMILES string of the molecule is Brc1ccc2c(c1)sc1c(N(c3ccccc3)c3ccccc3)cc3ccccc3c12.CS(=O)c1cc(Br)ccc1-c1cc(N(c2ccccc2)c2ccccc2)cc2ccccc12.CS(=O)c1cc(Br)ccc1I.O=S(=O)(O)C(F)(F)F.OB(O)c1cc(N(c2ccccc2)c2ccccc2)cc2ccccc12. The van der Waals surface area contributed by atoms with E-state index in [1.165, 1.54) is 36.6 Å². The maximum Gasteiger partial charge on any atom is 0.522 e. The highest BCUT2D eigenvalue weighted by Crippen LogP contribution is 2.49. The van der Waals surface area contributed by atoms with Gasteiger partial charge in [-0.2, -0.15) is 21.6 Å². The number of hydrogen-bond donors (Lipinski definition) is 3. The van der Waals surface area contributed by atoms with Crippen LogP contribution in [0.5, 0.6) is 0 Å². The highest BCUT2D eigenvalue weighted by molar-refractivity contribution is 14.1. The van der Waals surface area contributed by atoms with Gasteiger partial charge in [-0.15, -0.1) is 11.3 Å². The Morgan fingerprint density at radius 2 is 0.752 bits per heavy atom. The third kappa shape index (κ3) is 19.2. The first-order valence-corrected chi connectivity index (χ1v) is 42.5. The molecular weight excluding hydrogens is 1760 g/mol. The van der Waals surface area contributed by atoms with Crippen molar-refractivity contribution in [3.05, 3.63) is 357 Å². The number of thiophene rings is 1. The Morgan fingerprint density at radius 1 is 0.394 bits per heavy atom. The van der Waals surface area contributed by atoms with Gasteiger partial charge in [-0.05, 0) is 217 Å². The van der Waals surface area contributed by atoms with Crippen molar-refractivity contribution in [2.45, 2.75) is 15.3 Å². The average molecular weight is 1830 g/mol. The van der Waals surface area contributed by atoms with Crippen LogP contribution < -0.4 is 20.2 Å². The molecule has 1 heterocycles. The van der Waals surface area contributed by atoms with Crippen LogP contribution in [0.3, 0.4) is 0 Å². The molecule has 0 radical (unpaired) electrons. The molecular formula is C87H65BBr3F3IN3O7S4. The molecule has 546 valence electrons. The van der Waals surface area contributed by atoms with Crippen LogP contribution in [0.25, 0.3) is 63.6 Å². The van der Waals surface area contributed by atoms with E-state index in [1.54, 1.807) is 12.5 Å². The number of para-hydroxylation sites is 6. The fourth-order valence-electron chi connectivity index (χ4n) is 12.5. The summed E-state index contributed by atoms with van der Waals surface area (Å²) in [6, 6.07) is 116. The third-order valence-electron chi connectivity index (χ3n) is 17.3. The second-order valence-electron chi connectivity index (χ2n) is 24.5. The van der Waals surface area contributed by atoms with Crippen LogP contribution in [0, 0.1) is 3.57 Å². The van der Waals surface area contributed by atoms with Gasteiger partial charge in [0.15, 0.2) is 0 Å². The van der Waals surface area contributed by atoms with E-state index in [9.17, 15) is 31.6 Å². The fourth-order valence-corrected chi connectivity index (χ4v) is 18.0. The molecule has 10 nitrogen and oxygen atoms in total. The molecule has 3 N–H and O–H groups in total. The van der Waals surface area contributed by atoms with Gasteiger partial charge >= 0.3 is 22.7 Å². The summed E-state index contributed by atoms with van der Waals surface area (Å²) in [5.74, 6) is 0. The van der Waals surface area contributed by atoms with Gasteiger partial charge in [0.2, 0.25) is 0 Å². The molecule has 0 aliphatic carbocycles. The number of nitrogens with zero attached hydrogens (tertiary/aromatic N) is 3. The molecule has 2 unspecified atom stereocenters. The summed E-state index contributed by atoms with van der Waals surface area (Å²) < 4.78 is 88.0. The van der Waals surface area contributed by atoms with Crippen LogP contribution >= 0.6 is 81.7 Å². The van der Waals surface area contributed by atoms with Crippen molar-refractivity contribution >= 4 is 230 Å². The smallest absolute Gasteiger partial charge is 0.423 e.